The lowest BCUT2D eigenvalue weighted by Crippen LogP contribution is -2.35. The molecule has 3 nitrogen and oxygen atoms in total. The molecule has 0 saturated heterocycles. The van der Waals surface area contributed by atoms with Crippen molar-refractivity contribution in [1.29, 1.82) is 0 Å². The molecular weight excluding hydrogens is 246 g/mol. The van der Waals surface area contributed by atoms with Crippen molar-refractivity contribution in [2.75, 3.05) is 19.1 Å². The Morgan fingerprint density at radius 2 is 1.67 bits per heavy atom. The number of benzene rings is 1. The Balaban J connectivity index is 2.95. The number of rotatable bonds is 5. The first-order chi connectivity index (χ1) is 8.23. The highest BCUT2D eigenvalue weighted by atomic mass is 32.2. The molecular formula is C14H23NO2S. The van der Waals surface area contributed by atoms with E-state index < -0.39 is 9.84 Å². The van der Waals surface area contributed by atoms with E-state index in [1.165, 1.54) is 28.5 Å². The van der Waals surface area contributed by atoms with Gasteiger partial charge < -0.3 is 5.32 Å². The number of aryl methyl sites for hydroxylation is 3. The zero-order valence-electron chi connectivity index (χ0n) is 11.9. The Morgan fingerprint density at radius 1 is 1.17 bits per heavy atom. The number of hydrogen-bond donors (Lipinski definition) is 1. The van der Waals surface area contributed by atoms with Gasteiger partial charge in [-0.2, -0.15) is 0 Å². The summed E-state index contributed by atoms with van der Waals surface area (Å²) in [6, 6.07) is 4.27. The van der Waals surface area contributed by atoms with Crippen molar-refractivity contribution in [3.63, 3.8) is 0 Å². The van der Waals surface area contributed by atoms with Crippen LogP contribution in [0.15, 0.2) is 12.1 Å². The summed E-state index contributed by atoms with van der Waals surface area (Å²) in [4.78, 5) is 0. The first-order valence-corrected chi connectivity index (χ1v) is 8.20. The zero-order chi connectivity index (χ0) is 13.9. The smallest absolute Gasteiger partial charge is 0.148 e. The zero-order valence-corrected chi connectivity index (χ0v) is 12.7. The molecule has 0 fully saturated rings. The van der Waals surface area contributed by atoms with Gasteiger partial charge in [-0.1, -0.05) is 17.7 Å². The highest BCUT2D eigenvalue weighted by Crippen LogP contribution is 2.18. The van der Waals surface area contributed by atoms with Gasteiger partial charge >= 0.3 is 0 Å². The first-order valence-electron chi connectivity index (χ1n) is 6.14. The van der Waals surface area contributed by atoms with E-state index in [4.69, 9.17) is 0 Å². The van der Waals surface area contributed by atoms with Crippen molar-refractivity contribution in [2.45, 2.75) is 33.2 Å². The lowest BCUT2D eigenvalue weighted by Gasteiger charge is -2.18. The van der Waals surface area contributed by atoms with E-state index in [9.17, 15) is 8.42 Å². The van der Waals surface area contributed by atoms with Crippen LogP contribution >= 0.6 is 0 Å². The first kappa shape index (κ1) is 15.2. The highest BCUT2D eigenvalue weighted by molar-refractivity contribution is 7.90. The third-order valence-electron chi connectivity index (χ3n) is 3.20. The van der Waals surface area contributed by atoms with Crippen LogP contribution in [0, 0.1) is 20.8 Å². The highest BCUT2D eigenvalue weighted by Gasteiger charge is 2.16. The Morgan fingerprint density at radius 3 is 2.06 bits per heavy atom. The van der Waals surface area contributed by atoms with Crippen LogP contribution in [-0.2, 0) is 16.3 Å². The Kier molecular flexibility index (Phi) is 4.93. The minimum absolute atomic E-state index is 0.0277. The average molecular weight is 269 g/mol. The normalized spacial score (nSPS) is 13.6. The maximum Gasteiger partial charge on any atom is 0.148 e. The van der Waals surface area contributed by atoms with E-state index in [1.54, 1.807) is 0 Å². The van der Waals surface area contributed by atoms with Crippen LogP contribution < -0.4 is 5.32 Å². The van der Waals surface area contributed by atoms with E-state index >= 15 is 0 Å². The molecule has 0 amide bonds. The van der Waals surface area contributed by atoms with Gasteiger partial charge in [0.05, 0.1) is 5.75 Å². The molecule has 0 aliphatic rings. The number of likely N-dealkylation sites (N-methyl/N-ethyl adjacent to an activating group) is 1. The summed E-state index contributed by atoms with van der Waals surface area (Å²) in [7, 11) is -1.14. The molecule has 1 aromatic carbocycles. The summed E-state index contributed by atoms with van der Waals surface area (Å²) in [6.07, 6.45) is 2.04. The van der Waals surface area contributed by atoms with E-state index in [1.807, 2.05) is 7.05 Å². The minimum atomic E-state index is -2.95. The van der Waals surface area contributed by atoms with Crippen LogP contribution in [-0.4, -0.2) is 33.5 Å². The summed E-state index contributed by atoms with van der Waals surface area (Å²) in [5.74, 6) is 0.177. The molecule has 1 unspecified atom stereocenters. The second-order valence-electron chi connectivity index (χ2n) is 5.16. The third-order valence-corrected chi connectivity index (χ3v) is 4.21. The van der Waals surface area contributed by atoms with Gasteiger partial charge in [-0.05, 0) is 50.9 Å². The fraction of sp³-hybridized carbons (Fsp3) is 0.571. The lowest BCUT2D eigenvalue weighted by atomic mass is 9.95. The van der Waals surface area contributed by atoms with Gasteiger partial charge in [-0.3, -0.25) is 0 Å². The van der Waals surface area contributed by atoms with Crippen molar-refractivity contribution >= 4 is 9.84 Å². The van der Waals surface area contributed by atoms with Gasteiger partial charge in [0, 0.05) is 12.3 Å². The molecule has 0 spiro atoms. The van der Waals surface area contributed by atoms with E-state index in [2.05, 4.69) is 38.2 Å². The molecule has 1 atom stereocenters. The molecule has 0 saturated carbocycles. The van der Waals surface area contributed by atoms with Crippen LogP contribution in [0.3, 0.4) is 0 Å². The quantitative estimate of drug-likeness (QED) is 0.886. The molecule has 1 aromatic rings. The van der Waals surface area contributed by atoms with Crippen molar-refractivity contribution < 1.29 is 8.42 Å². The summed E-state index contributed by atoms with van der Waals surface area (Å²) in [6.45, 7) is 6.25. The molecule has 0 aliphatic heterocycles. The lowest BCUT2D eigenvalue weighted by molar-refractivity contribution is 0.565. The monoisotopic (exact) mass is 269 g/mol. The summed E-state index contributed by atoms with van der Waals surface area (Å²) >= 11 is 0. The summed E-state index contributed by atoms with van der Waals surface area (Å²) < 4.78 is 22.7. The molecule has 0 aromatic heterocycles. The minimum Gasteiger partial charge on any atom is -0.316 e. The van der Waals surface area contributed by atoms with Crippen molar-refractivity contribution in [3.05, 3.63) is 34.4 Å². The maximum atomic E-state index is 11.4. The molecule has 4 heteroatoms. The Labute approximate surface area is 111 Å². The van der Waals surface area contributed by atoms with Gasteiger partial charge in [0.2, 0.25) is 0 Å². The molecule has 0 aliphatic carbocycles. The molecule has 1 rings (SSSR count). The number of nitrogens with one attached hydrogen (secondary N) is 1. The average Bonchev–Trinajstić information content (AvgIpc) is 2.19. The largest absolute Gasteiger partial charge is 0.316 e. The predicted octanol–water partition coefficient (Wildman–Crippen LogP) is 1.79. The molecule has 102 valence electrons. The van der Waals surface area contributed by atoms with Gasteiger partial charge in [-0.25, -0.2) is 8.42 Å². The summed E-state index contributed by atoms with van der Waals surface area (Å²) in [5, 5.41) is 3.10. The van der Waals surface area contributed by atoms with Gasteiger partial charge in [0.25, 0.3) is 0 Å². The maximum absolute atomic E-state index is 11.4. The third kappa shape index (κ3) is 4.42. The predicted molar refractivity (Wildman–Crippen MR) is 76.9 cm³/mol. The number of hydrogen-bond acceptors (Lipinski definition) is 3. The fourth-order valence-corrected chi connectivity index (χ4v) is 3.40. The Hall–Kier alpha value is -0.870. The summed E-state index contributed by atoms with van der Waals surface area (Å²) in [5.41, 5.74) is 4.98. The van der Waals surface area contributed by atoms with Gasteiger partial charge in [0.1, 0.15) is 9.84 Å². The van der Waals surface area contributed by atoms with Crippen LogP contribution in [0.25, 0.3) is 0 Å². The standard InChI is InChI=1S/C14H23NO2S/c1-10-6-11(2)14(12(3)7-10)8-13(15-4)9-18(5,16)17/h6-7,13,15H,8-9H2,1-5H3. The molecule has 0 heterocycles. The number of sulfone groups is 1. The van der Waals surface area contributed by atoms with Crippen LogP contribution in [0.4, 0.5) is 0 Å². The molecule has 0 bridgehead atoms. The van der Waals surface area contributed by atoms with E-state index in [0.29, 0.717) is 0 Å². The second kappa shape index (κ2) is 5.85. The van der Waals surface area contributed by atoms with Crippen molar-refractivity contribution in [1.82, 2.24) is 5.32 Å². The molecule has 0 radical (unpaired) electrons. The van der Waals surface area contributed by atoms with Crippen molar-refractivity contribution in [3.8, 4) is 0 Å². The van der Waals surface area contributed by atoms with Crippen LogP contribution in [0.5, 0.6) is 0 Å². The molecule has 18 heavy (non-hydrogen) atoms. The fourth-order valence-electron chi connectivity index (χ4n) is 2.39. The SMILES string of the molecule is CNC(Cc1c(C)cc(C)cc1C)CS(C)(=O)=O. The Bertz CT molecular complexity index is 498. The van der Waals surface area contributed by atoms with Gasteiger partial charge in [-0.15, -0.1) is 0 Å². The molecule has 1 N–H and O–H groups in total. The van der Waals surface area contributed by atoms with Crippen LogP contribution in [0.1, 0.15) is 22.3 Å². The van der Waals surface area contributed by atoms with Gasteiger partial charge in [0.15, 0.2) is 0 Å². The van der Waals surface area contributed by atoms with Crippen molar-refractivity contribution in [2.24, 2.45) is 0 Å². The topological polar surface area (TPSA) is 46.2 Å². The van der Waals surface area contributed by atoms with E-state index in [0.717, 1.165) is 6.42 Å². The van der Waals surface area contributed by atoms with Crippen LogP contribution in [0.2, 0.25) is 0 Å². The second-order valence-corrected chi connectivity index (χ2v) is 7.34. The van der Waals surface area contributed by atoms with E-state index in [-0.39, 0.29) is 11.8 Å².